The third-order valence-corrected chi connectivity index (χ3v) is 7.98. The van der Waals surface area contributed by atoms with Crippen LogP contribution in [0.25, 0.3) is 0 Å². The number of rotatable bonds is 7. The maximum absolute atomic E-state index is 14.8. The number of unbranched alkanes of at least 4 members (excludes halogenated alkanes) is 1. The molecule has 0 aliphatic carbocycles. The van der Waals surface area contributed by atoms with Gasteiger partial charge in [0.1, 0.15) is 11.1 Å². The Kier molecular flexibility index (Phi) is 7.14. The van der Waals surface area contributed by atoms with Crippen LogP contribution in [0.5, 0.6) is 5.75 Å². The summed E-state index contributed by atoms with van der Waals surface area (Å²) in [6.07, 6.45) is -2.81. The molecule has 2 aromatic rings. The van der Waals surface area contributed by atoms with Crippen molar-refractivity contribution in [1.29, 1.82) is 0 Å². The lowest BCUT2D eigenvalue weighted by Crippen LogP contribution is -2.38. The summed E-state index contributed by atoms with van der Waals surface area (Å²) >= 11 is 0. The van der Waals surface area contributed by atoms with E-state index in [1.54, 1.807) is 0 Å². The molecule has 2 unspecified atom stereocenters. The van der Waals surface area contributed by atoms with Crippen LogP contribution in [0.3, 0.4) is 0 Å². The Balaban J connectivity index is 2.16. The highest BCUT2D eigenvalue weighted by molar-refractivity contribution is 7.91. The van der Waals surface area contributed by atoms with Crippen molar-refractivity contribution in [1.82, 2.24) is 0 Å². The second-order valence-corrected chi connectivity index (χ2v) is 9.89. The van der Waals surface area contributed by atoms with Crippen LogP contribution >= 0.6 is 0 Å². The fourth-order valence-corrected chi connectivity index (χ4v) is 6.20. The number of sulfone groups is 1. The number of benzene rings is 2. The lowest BCUT2D eigenvalue weighted by atomic mass is 9.82. The number of halogens is 5. The van der Waals surface area contributed by atoms with Crippen LogP contribution in [-0.2, 0) is 16.0 Å². The highest BCUT2D eigenvalue weighted by atomic mass is 32.2. The molecule has 1 heterocycles. The quantitative estimate of drug-likeness (QED) is 0.548. The first-order valence-corrected chi connectivity index (χ1v) is 11.7. The van der Waals surface area contributed by atoms with Crippen LogP contribution in [0, 0.1) is 23.5 Å². The predicted molar refractivity (Wildman–Crippen MR) is 107 cm³/mol. The van der Waals surface area contributed by atoms with Gasteiger partial charge in [0.2, 0.25) is 0 Å². The molecule has 10 heteroatoms. The maximum Gasteiger partial charge on any atom is 0.416 e. The number of aliphatic hydroxyl groups is 1. The third-order valence-electron chi connectivity index (χ3n) is 5.80. The van der Waals surface area contributed by atoms with Gasteiger partial charge in [-0.3, -0.25) is 0 Å². The fourth-order valence-electron chi connectivity index (χ4n) is 4.10. The van der Waals surface area contributed by atoms with Crippen LogP contribution in [-0.4, -0.2) is 26.7 Å². The molecule has 1 aliphatic rings. The van der Waals surface area contributed by atoms with Crippen LogP contribution in [0.15, 0.2) is 41.3 Å². The summed E-state index contributed by atoms with van der Waals surface area (Å²) in [5.74, 6) is -4.00. The average Bonchev–Trinajstić information content (AvgIpc) is 2.76. The van der Waals surface area contributed by atoms with E-state index in [9.17, 15) is 35.5 Å². The van der Waals surface area contributed by atoms with Crippen molar-refractivity contribution in [2.24, 2.45) is 11.8 Å². The number of hydrogen-bond donors (Lipinski definition) is 1. The van der Waals surface area contributed by atoms with Crippen LogP contribution in [0.4, 0.5) is 22.0 Å². The van der Waals surface area contributed by atoms with E-state index in [0.29, 0.717) is 25.0 Å². The van der Waals surface area contributed by atoms with E-state index in [1.807, 2.05) is 6.92 Å². The minimum atomic E-state index is -4.66. The Labute approximate surface area is 182 Å². The zero-order valence-corrected chi connectivity index (χ0v) is 18.0. The first-order chi connectivity index (χ1) is 15.0. The van der Waals surface area contributed by atoms with Crippen LogP contribution in [0.2, 0.25) is 0 Å². The summed E-state index contributed by atoms with van der Waals surface area (Å²) in [6.45, 7) is 1.22. The van der Waals surface area contributed by atoms with Gasteiger partial charge in [-0.2, -0.15) is 13.2 Å². The number of fused-ring (bicyclic) bond motifs is 1. The molecule has 0 bridgehead atoms. The standard InChI is InChI=1S/C22H23F5O4S/c1-2-3-4-13(11-28)16-12-31-20-18(24)10-9-17(23)19(20)21(16)32(29,30)15-7-5-14(6-8-15)22(25,26)27/h5-10,13,16,21,28H,2-4,11-12H2,1H3/t13-,16?,21?/m0/s1. The Morgan fingerprint density at radius 3 is 2.28 bits per heavy atom. The van der Waals surface area contributed by atoms with Crippen molar-refractivity contribution in [2.75, 3.05) is 13.2 Å². The minimum Gasteiger partial charge on any atom is -0.490 e. The zero-order valence-electron chi connectivity index (χ0n) is 17.2. The lowest BCUT2D eigenvalue weighted by Gasteiger charge is -2.37. The topological polar surface area (TPSA) is 63.6 Å². The van der Waals surface area contributed by atoms with E-state index in [-0.39, 0.29) is 6.61 Å². The van der Waals surface area contributed by atoms with Gasteiger partial charge in [0.25, 0.3) is 0 Å². The molecule has 32 heavy (non-hydrogen) atoms. The van der Waals surface area contributed by atoms with Gasteiger partial charge in [-0.15, -0.1) is 0 Å². The van der Waals surface area contributed by atoms with E-state index >= 15 is 0 Å². The molecule has 0 fully saturated rings. The van der Waals surface area contributed by atoms with Crippen molar-refractivity contribution >= 4 is 9.84 Å². The van der Waals surface area contributed by atoms with Crippen LogP contribution < -0.4 is 4.74 Å². The van der Waals surface area contributed by atoms with E-state index in [1.165, 1.54) is 0 Å². The van der Waals surface area contributed by atoms with Crippen LogP contribution in [0.1, 0.15) is 42.6 Å². The summed E-state index contributed by atoms with van der Waals surface area (Å²) < 4.78 is 100. The SMILES string of the molecule is CCCC[C@@H](CO)C1COc2c(F)ccc(F)c2C1S(=O)(=O)c1ccc(C(F)(F)F)cc1. The van der Waals surface area contributed by atoms with E-state index in [2.05, 4.69) is 0 Å². The molecule has 1 aliphatic heterocycles. The summed E-state index contributed by atoms with van der Waals surface area (Å²) in [5, 5.41) is 8.28. The molecule has 0 radical (unpaired) electrons. The normalized spacial score (nSPS) is 19.8. The molecule has 1 N–H and O–H groups in total. The molecule has 2 aromatic carbocycles. The van der Waals surface area contributed by atoms with Crippen molar-refractivity contribution in [3.05, 3.63) is 59.2 Å². The van der Waals surface area contributed by atoms with E-state index in [0.717, 1.165) is 30.7 Å². The molecule has 0 saturated heterocycles. The molecular weight excluding hydrogens is 455 g/mol. The Bertz CT molecular complexity index is 1050. The predicted octanol–water partition coefficient (Wildman–Crippen LogP) is 5.31. The second-order valence-electron chi connectivity index (χ2n) is 7.82. The summed E-state index contributed by atoms with van der Waals surface area (Å²) in [6, 6.07) is 4.48. The summed E-state index contributed by atoms with van der Waals surface area (Å²) in [7, 11) is -4.47. The van der Waals surface area contributed by atoms with Gasteiger partial charge in [-0.1, -0.05) is 19.8 Å². The molecule has 0 amide bonds. The van der Waals surface area contributed by atoms with Crippen molar-refractivity contribution in [2.45, 2.75) is 42.5 Å². The van der Waals surface area contributed by atoms with Gasteiger partial charge >= 0.3 is 6.18 Å². The van der Waals surface area contributed by atoms with Crippen molar-refractivity contribution < 1.29 is 40.2 Å². The third kappa shape index (κ3) is 4.61. The molecular formula is C22H23F5O4S. The van der Waals surface area contributed by atoms with Crippen molar-refractivity contribution in [3.63, 3.8) is 0 Å². The highest BCUT2D eigenvalue weighted by Gasteiger charge is 2.46. The monoisotopic (exact) mass is 478 g/mol. The summed E-state index contributed by atoms with van der Waals surface area (Å²) in [5.41, 5.74) is -1.54. The smallest absolute Gasteiger partial charge is 0.416 e. The molecule has 0 aromatic heterocycles. The largest absolute Gasteiger partial charge is 0.490 e. The molecule has 0 saturated carbocycles. The van der Waals surface area contributed by atoms with Crippen molar-refractivity contribution in [3.8, 4) is 5.75 Å². The minimum absolute atomic E-state index is 0.285. The second kappa shape index (κ2) is 9.35. The van der Waals surface area contributed by atoms with Gasteiger partial charge in [0.15, 0.2) is 21.4 Å². The number of ether oxygens (including phenoxy) is 1. The van der Waals surface area contributed by atoms with Gasteiger partial charge in [0, 0.05) is 12.5 Å². The molecule has 3 rings (SSSR count). The highest BCUT2D eigenvalue weighted by Crippen LogP contribution is 2.48. The van der Waals surface area contributed by atoms with Gasteiger partial charge in [0.05, 0.1) is 22.6 Å². The van der Waals surface area contributed by atoms with Gasteiger partial charge < -0.3 is 9.84 Å². The molecule has 0 spiro atoms. The summed E-state index contributed by atoms with van der Waals surface area (Å²) in [4.78, 5) is -0.454. The maximum atomic E-state index is 14.8. The Hall–Kier alpha value is -2.20. The first-order valence-electron chi connectivity index (χ1n) is 10.1. The number of hydrogen-bond acceptors (Lipinski definition) is 4. The Morgan fingerprint density at radius 2 is 1.72 bits per heavy atom. The first kappa shape index (κ1) is 24.4. The molecule has 3 atom stereocenters. The fraction of sp³-hybridized carbons (Fsp3) is 0.455. The van der Waals surface area contributed by atoms with Gasteiger partial charge in [-0.25, -0.2) is 17.2 Å². The molecule has 4 nitrogen and oxygen atoms in total. The number of alkyl halides is 3. The molecule has 176 valence electrons. The lowest BCUT2D eigenvalue weighted by molar-refractivity contribution is -0.137. The average molecular weight is 478 g/mol. The van der Waals surface area contributed by atoms with Gasteiger partial charge in [-0.05, 0) is 48.7 Å². The number of aliphatic hydroxyl groups excluding tert-OH is 1. The Morgan fingerprint density at radius 1 is 1.09 bits per heavy atom. The zero-order chi connectivity index (χ0) is 23.7. The van der Waals surface area contributed by atoms with E-state index in [4.69, 9.17) is 4.74 Å². The van der Waals surface area contributed by atoms with E-state index < -0.39 is 73.1 Å².